The minimum absolute atomic E-state index is 0. The number of amides is 1. The van der Waals surface area contributed by atoms with Crippen LogP contribution < -0.4 is 0 Å². The number of carbonyl (C=O) groups excluding carboxylic acids is 4. The van der Waals surface area contributed by atoms with Crippen LogP contribution in [-0.4, -0.2) is 83.9 Å². The van der Waals surface area contributed by atoms with Gasteiger partial charge in [-0.25, -0.2) is 22.0 Å². The van der Waals surface area contributed by atoms with Crippen LogP contribution in [0.25, 0.3) is 0 Å². The Kier molecular flexibility index (Phi) is 8.99. The third-order valence-electron chi connectivity index (χ3n) is 8.07. The summed E-state index contributed by atoms with van der Waals surface area (Å²) in [5, 5.41) is -4.94. The fourth-order valence-corrected chi connectivity index (χ4v) is 6.79. The quantitative estimate of drug-likeness (QED) is 0.135. The molecule has 1 saturated heterocycles. The van der Waals surface area contributed by atoms with Gasteiger partial charge in [0.15, 0.2) is 0 Å². The monoisotopic (exact) mass is 860 g/mol. The van der Waals surface area contributed by atoms with E-state index in [1.807, 2.05) is 20.8 Å². The summed E-state index contributed by atoms with van der Waals surface area (Å²) < 4.78 is 77.8. The predicted octanol–water partition coefficient (Wildman–Crippen LogP) is 1.53. The van der Waals surface area contributed by atoms with E-state index >= 15 is 0 Å². The molecular formula is C25H33F2NO11RfS-2. The number of ether oxygens (including phenoxy) is 4. The molecule has 1 amide bonds. The maximum Gasteiger partial charge on any atom is 0.332 e. The van der Waals surface area contributed by atoms with E-state index in [0.717, 1.165) is 32.1 Å². The Bertz CT molecular complexity index is 1140. The summed E-state index contributed by atoms with van der Waals surface area (Å²) in [6.07, 6.45) is 4.00. The predicted molar refractivity (Wildman–Crippen MR) is 128 cm³/mol. The van der Waals surface area contributed by atoms with Gasteiger partial charge in [-0.2, -0.15) is 0 Å². The van der Waals surface area contributed by atoms with Crippen molar-refractivity contribution in [1.29, 1.82) is 0 Å². The molecule has 12 nitrogen and oxygen atoms in total. The number of hydrogen-bond acceptors (Lipinski definition) is 11. The summed E-state index contributed by atoms with van der Waals surface area (Å²) in [6, 6.07) is -0.457. The molecule has 4 aliphatic rings. The largest absolute Gasteiger partial charge is 0.746 e. The summed E-state index contributed by atoms with van der Waals surface area (Å²) in [6.45, 7) is 3.01. The Morgan fingerprint density at radius 2 is 1.63 bits per heavy atom. The van der Waals surface area contributed by atoms with Gasteiger partial charge in [-0.3, -0.25) is 14.4 Å². The molecule has 6 unspecified atom stereocenters. The molecule has 2 bridgehead atoms. The minimum atomic E-state index is -6.08. The van der Waals surface area contributed by atoms with Crippen LogP contribution in [0.3, 0.4) is 0 Å². The normalized spacial score (nSPS) is 29.7. The van der Waals surface area contributed by atoms with Crippen LogP contribution in [0, 0.1) is 30.3 Å². The number of alkyl halides is 2. The van der Waals surface area contributed by atoms with Crippen LogP contribution in [-0.2, 0) is 48.2 Å². The van der Waals surface area contributed by atoms with Gasteiger partial charge in [0.05, 0.1) is 17.9 Å². The van der Waals surface area contributed by atoms with Crippen molar-refractivity contribution in [3.05, 3.63) is 6.61 Å². The van der Waals surface area contributed by atoms with Crippen LogP contribution in [0.5, 0.6) is 0 Å². The molecule has 0 N–H and O–H groups in total. The fourth-order valence-electron chi connectivity index (χ4n) is 6.62. The van der Waals surface area contributed by atoms with Crippen LogP contribution in [0.1, 0.15) is 59.3 Å². The number of hydrogen-bond donors (Lipinski definition) is 0. The second-order valence-electron chi connectivity index (χ2n) is 11.8. The maximum absolute atomic E-state index is 13.5. The smallest absolute Gasteiger partial charge is 0.332 e. The molecule has 228 valence electrons. The van der Waals surface area contributed by atoms with Gasteiger partial charge in [0.2, 0.25) is 5.91 Å². The average molecular weight is 861 g/mol. The molecule has 1 aliphatic heterocycles. The van der Waals surface area contributed by atoms with E-state index in [2.05, 4.69) is 4.74 Å². The number of carbonyl (C=O) groups is 4. The zero-order valence-corrected chi connectivity index (χ0v) is 30.3. The Labute approximate surface area is 230 Å². The molecule has 41 heavy (non-hydrogen) atoms. The third kappa shape index (κ3) is 6.27. The molecule has 0 aromatic carbocycles. The number of likely N-dealkylation sites (tertiary alicyclic amines) is 1. The van der Waals surface area contributed by atoms with Crippen molar-refractivity contribution in [2.75, 3.05) is 13.2 Å². The Morgan fingerprint density at radius 1 is 1.02 bits per heavy atom. The van der Waals surface area contributed by atoms with Crippen molar-refractivity contribution in [3.8, 4) is 0 Å². The first-order chi connectivity index (χ1) is 18.5. The van der Waals surface area contributed by atoms with Crippen molar-refractivity contribution in [2.45, 2.75) is 88.3 Å². The summed E-state index contributed by atoms with van der Waals surface area (Å²) in [7, 11) is -6.08. The first-order valence-electron chi connectivity index (χ1n) is 13.2. The van der Waals surface area contributed by atoms with Gasteiger partial charge < -0.3 is 28.4 Å². The zero-order valence-electron chi connectivity index (χ0n) is 23.1. The molecule has 1 heterocycles. The molecule has 4 fully saturated rings. The Morgan fingerprint density at radius 3 is 2.22 bits per heavy atom. The molecule has 0 spiro atoms. The van der Waals surface area contributed by atoms with Crippen molar-refractivity contribution in [3.63, 3.8) is 0 Å². The number of fused-ring (bicyclic) bond motifs is 1. The van der Waals surface area contributed by atoms with Crippen LogP contribution in [0.15, 0.2) is 0 Å². The minimum Gasteiger partial charge on any atom is -0.746 e. The van der Waals surface area contributed by atoms with E-state index in [1.54, 1.807) is 4.90 Å². The van der Waals surface area contributed by atoms with Gasteiger partial charge in [-0.15, -0.1) is 0 Å². The number of halogens is 2. The molecule has 3 aliphatic carbocycles. The molecule has 0 aromatic heterocycles. The SMILES string of the molecule is CC(C)(C)N1C(=O)C2C3CC(C(OC(=O)COCC(=O)O[CH-]C(F)(F)S(=O)(=O)[O-])C31)C2C(=O)OC1CCCCC1.[Rf]. The van der Waals surface area contributed by atoms with Crippen LogP contribution in [0.4, 0.5) is 8.78 Å². The van der Waals surface area contributed by atoms with E-state index in [-0.39, 0.29) is 17.9 Å². The number of esters is 3. The van der Waals surface area contributed by atoms with E-state index in [4.69, 9.17) is 14.2 Å². The summed E-state index contributed by atoms with van der Waals surface area (Å²) >= 11 is 0. The molecular weight excluding hydrogens is 827 g/mol. The average Bonchev–Trinajstić information content (AvgIpc) is 3.45. The molecule has 4 rings (SSSR count). The summed E-state index contributed by atoms with van der Waals surface area (Å²) in [4.78, 5) is 52.8. The third-order valence-corrected chi connectivity index (χ3v) is 8.83. The van der Waals surface area contributed by atoms with Gasteiger partial charge >= 0.3 is 17.9 Å². The van der Waals surface area contributed by atoms with Gasteiger partial charge in [0, 0.05) is 11.5 Å². The molecule has 6 atom stereocenters. The Hall–Kier alpha value is -3.39. The van der Waals surface area contributed by atoms with Crippen LogP contribution >= 0.6 is 0 Å². The second kappa shape index (κ2) is 11.5. The maximum atomic E-state index is 13.5. The fraction of sp³-hybridized carbons (Fsp3) is 0.800. The van der Waals surface area contributed by atoms with Crippen molar-refractivity contribution < 1.29 is 59.9 Å². The summed E-state index contributed by atoms with van der Waals surface area (Å²) in [5.41, 5.74) is -0.618. The van der Waals surface area contributed by atoms with Gasteiger partial charge in [-0.05, 0) is 58.8 Å². The molecule has 3 saturated carbocycles. The topological polar surface area (TPSA) is 166 Å². The van der Waals surface area contributed by atoms with E-state index in [0.29, 0.717) is 6.42 Å². The van der Waals surface area contributed by atoms with Crippen molar-refractivity contribution in [1.82, 2.24) is 4.90 Å². The van der Waals surface area contributed by atoms with Crippen molar-refractivity contribution >= 4 is 33.9 Å². The van der Waals surface area contributed by atoms with Gasteiger partial charge in [0.1, 0.15) is 35.5 Å². The van der Waals surface area contributed by atoms with Gasteiger partial charge in [0.25, 0.3) is 5.25 Å². The van der Waals surface area contributed by atoms with E-state index < -0.39 is 88.5 Å². The molecule has 16 heteroatoms. The molecule has 0 radical (unpaired) electrons. The first-order valence-corrected chi connectivity index (χ1v) is 14.6. The standard InChI is InChI=1S/C25H34F2NO11S.Rf/c1-24(2,3)28-20-14-9-15(19(18(14)22(28)31)23(32)38-13-7-5-4-6-8-13)21(20)39-17(30)11-36-10-16(29)37-12-25(26,27)40(33,34)35;/h12-15,18-21H,4-11H2,1-3H3,(H,33,34,35);/q-1;/p-1. The summed E-state index contributed by atoms with van der Waals surface area (Å²) in [5.74, 6) is -5.02. The molecule has 0 aromatic rings. The number of rotatable bonds is 10. The van der Waals surface area contributed by atoms with Crippen LogP contribution in [0.2, 0.25) is 0 Å². The van der Waals surface area contributed by atoms with Crippen molar-refractivity contribution in [2.24, 2.45) is 23.7 Å². The number of nitrogens with zero attached hydrogens (tertiary/aromatic N) is 1. The second-order valence-corrected chi connectivity index (χ2v) is 13.2. The first kappa shape index (κ1) is 32.1. The Balaban J connectivity index is 0.00000462. The zero-order chi connectivity index (χ0) is 29.6. The van der Waals surface area contributed by atoms with Gasteiger partial charge in [-0.1, -0.05) is 13.0 Å². The van der Waals surface area contributed by atoms with E-state index in [1.165, 1.54) is 0 Å². The van der Waals surface area contributed by atoms with E-state index in [9.17, 15) is 40.9 Å².